The maximum atomic E-state index is 10.4. The number of nitrogens with one attached hydrogen (secondary N) is 1. The molecule has 0 bridgehead atoms. The molecule has 60 valence electrons. The molecule has 1 aromatic carbocycles. The van der Waals surface area contributed by atoms with Crippen molar-refractivity contribution in [3.05, 3.63) is 28.6 Å². The van der Waals surface area contributed by atoms with Crippen LogP contribution >= 0.6 is 12.2 Å². The average molecular weight is 179 g/mol. The van der Waals surface area contributed by atoms with E-state index >= 15 is 0 Å². The van der Waals surface area contributed by atoms with E-state index in [-0.39, 0.29) is 0 Å². The van der Waals surface area contributed by atoms with Gasteiger partial charge in [-0.25, -0.2) is 0 Å². The number of H-pyrrole nitrogens is 1. The summed E-state index contributed by atoms with van der Waals surface area (Å²) in [4.78, 5) is 13.5. The largest absolute Gasteiger partial charge is 0.429 e. The van der Waals surface area contributed by atoms with Crippen molar-refractivity contribution >= 4 is 29.6 Å². The zero-order chi connectivity index (χ0) is 8.55. The molecule has 2 aromatic rings. The Morgan fingerprint density at radius 1 is 1.50 bits per heavy atom. The van der Waals surface area contributed by atoms with E-state index in [1.165, 1.54) is 0 Å². The number of hydrogen-bond donors (Lipinski definition) is 1. The lowest BCUT2D eigenvalue weighted by Crippen LogP contribution is -1.77. The predicted molar refractivity (Wildman–Crippen MR) is 46.8 cm³/mol. The predicted octanol–water partition coefficient (Wildman–Crippen LogP) is 2.30. The van der Waals surface area contributed by atoms with Gasteiger partial charge in [0.2, 0.25) is 0 Å². The fourth-order valence-corrected chi connectivity index (χ4v) is 1.24. The number of aromatic nitrogens is 1. The Bertz CT molecular complexity index is 483. The molecule has 0 aliphatic heterocycles. The van der Waals surface area contributed by atoms with Crippen LogP contribution in [0.25, 0.3) is 11.1 Å². The highest BCUT2D eigenvalue weighted by Gasteiger charge is 1.98. The molecule has 12 heavy (non-hydrogen) atoms. The van der Waals surface area contributed by atoms with Crippen molar-refractivity contribution in [3.63, 3.8) is 0 Å². The van der Waals surface area contributed by atoms with Crippen molar-refractivity contribution in [2.24, 2.45) is 0 Å². The Kier molecular flexibility index (Phi) is 1.55. The Morgan fingerprint density at radius 3 is 3.08 bits per heavy atom. The number of carbonyl (C=O) groups excluding carboxylic acids is 1. The molecular weight excluding hydrogens is 174 g/mol. The summed E-state index contributed by atoms with van der Waals surface area (Å²) in [6.45, 7) is 0. The maximum Gasteiger partial charge on any atom is 0.266 e. The molecule has 1 aromatic heterocycles. The van der Waals surface area contributed by atoms with Crippen LogP contribution in [-0.2, 0) is 0 Å². The first-order valence-corrected chi connectivity index (χ1v) is 3.78. The molecule has 0 amide bonds. The Balaban J connectivity index is 2.82. The fraction of sp³-hybridized carbons (Fsp3) is 0. The van der Waals surface area contributed by atoms with Crippen molar-refractivity contribution < 1.29 is 9.21 Å². The highest BCUT2D eigenvalue weighted by atomic mass is 32.1. The monoisotopic (exact) mass is 179 g/mol. The molecule has 0 atom stereocenters. The molecule has 0 saturated carbocycles. The van der Waals surface area contributed by atoms with E-state index in [1.807, 2.05) is 0 Å². The van der Waals surface area contributed by atoms with Gasteiger partial charge in [-0.05, 0) is 30.4 Å². The first kappa shape index (κ1) is 7.24. The molecule has 2 rings (SSSR count). The second kappa shape index (κ2) is 2.57. The van der Waals surface area contributed by atoms with Crippen LogP contribution in [0.2, 0.25) is 0 Å². The van der Waals surface area contributed by atoms with Crippen LogP contribution in [-0.4, -0.2) is 11.3 Å². The second-order valence-electron chi connectivity index (χ2n) is 2.39. The van der Waals surface area contributed by atoms with Gasteiger partial charge in [0.05, 0.1) is 5.52 Å². The standard InChI is InChI=1S/C8H5NO2S/c10-4-5-1-2-7-6(3-5)9-8(12)11-7/h1-4H,(H,9,12). The lowest BCUT2D eigenvalue weighted by atomic mass is 10.2. The molecule has 1 N–H and O–H groups in total. The van der Waals surface area contributed by atoms with Crippen LogP contribution in [0.4, 0.5) is 0 Å². The molecule has 0 saturated heterocycles. The van der Waals surface area contributed by atoms with E-state index in [4.69, 9.17) is 16.6 Å². The normalized spacial score (nSPS) is 10.3. The molecule has 0 aliphatic carbocycles. The minimum atomic E-state index is 0.327. The number of rotatable bonds is 1. The SMILES string of the molecule is O=Cc1ccc2oc(=S)[nH]c2c1. The minimum absolute atomic E-state index is 0.327. The van der Waals surface area contributed by atoms with Gasteiger partial charge in [0, 0.05) is 5.56 Å². The number of carbonyl (C=O) groups is 1. The van der Waals surface area contributed by atoms with Crippen molar-refractivity contribution in [2.75, 3.05) is 0 Å². The van der Waals surface area contributed by atoms with Gasteiger partial charge in [0.25, 0.3) is 4.84 Å². The molecule has 0 radical (unpaired) electrons. The second-order valence-corrected chi connectivity index (χ2v) is 2.76. The third-order valence-corrected chi connectivity index (χ3v) is 1.76. The molecule has 4 heteroatoms. The van der Waals surface area contributed by atoms with Crippen LogP contribution in [0.15, 0.2) is 22.6 Å². The third kappa shape index (κ3) is 1.06. The smallest absolute Gasteiger partial charge is 0.266 e. The van der Waals surface area contributed by atoms with Gasteiger partial charge in [-0.1, -0.05) is 0 Å². The van der Waals surface area contributed by atoms with Crippen LogP contribution in [0.5, 0.6) is 0 Å². The third-order valence-electron chi connectivity index (χ3n) is 1.58. The summed E-state index contributed by atoms with van der Waals surface area (Å²) < 4.78 is 5.11. The molecule has 1 heterocycles. The van der Waals surface area contributed by atoms with Crippen molar-refractivity contribution in [2.45, 2.75) is 0 Å². The molecule has 0 aliphatic rings. The quantitative estimate of drug-likeness (QED) is 0.539. The fourth-order valence-electron chi connectivity index (χ4n) is 1.04. The van der Waals surface area contributed by atoms with Gasteiger partial charge in [-0.3, -0.25) is 4.79 Å². The number of oxazole rings is 1. The van der Waals surface area contributed by atoms with E-state index in [0.717, 1.165) is 11.8 Å². The average Bonchev–Trinajstić information content (AvgIpc) is 2.43. The topological polar surface area (TPSA) is 46.0 Å². The Hall–Kier alpha value is -1.42. The van der Waals surface area contributed by atoms with Gasteiger partial charge < -0.3 is 9.40 Å². The van der Waals surface area contributed by atoms with Crippen LogP contribution in [0.1, 0.15) is 10.4 Å². The lowest BCUT2D eigenvalue weighted by molar-refractivity contribution is 0.112. The molecule has 0 fully saturated rings. The molecule has 0 unspecified atom stereocenters. The van der Waals surface area contributed by atoms with Crippen LogP contribution in [0, 0.1) is 4.84 Å². The molecular formula is C8H5NO2S. The van der Waals surface area contributed by atoms with E-state index < -0.39 is 0 Å². The van der Waals surface area contributed by atoms with Gasteiger partial charge in [-0.2, -0.15) is 0 Å². The number of aromatic amines is 1. The van der Waals surface area contributed by atoms with Gasteiger partial charge in [0.1, 0.15) is 6.29 Å². The summed E-state index contributed by atoms with van der Waals surface area (Å²) in [5, 5.41) is 0. The Morgan fingerprint density at radius 2 is 2.33 bits per heavy atom. The summed E-state index contributed by atoms with van der Waals surface area (Å²) in [6.07, 6.45) is 0.781. The zero-order valence-corrected chi connectivity index (χ0v) is 6.85. The van der Waals surface area contributed by atoms with Crippen molar-refractivity contribution in [3.8, 4) is 0 Å². The van der Waals surface area contributed by atoms with Crippen LogP contribution < -0.4 is 0 Å². The summed E-state index contributed by atoms with van der Waals surface area (Å²) in [6, 6.07) is 5.09. The maximum absolute atomic E-state index is 10.4. The summed E-state index contributed by atoms with van der Waals surface area (Å²) in [5.74, 6) is 0. The molecule has 3 nitrogen and oxygen atoms in total. The zero-order valence-electron chi connectivity index (χ0n) is 6.03. The van der Waals surface area contributed by atoms with E-state index in [0.29, 0.717) is 16.0 Å². The van der Waals surface area contributed by atoms with Gasteiger partial charge in [-0.15, -0.1) is 0 Å². The van der Waals surface area contributed by atoms with E-state index in [2.05, 4.69) is 4.98 Å². The Labute approximate surface area is 73.0 Å². The number of aldehydes is 1. The first-order valence-electron chi connectivity index (χ1n) is 3.37. The summed E-state index contributed by atoms with van der Waals surface area (Å²) >= 11 is 4.78. The number of benzene rings is 1. The number of hydrogen-bond acceptors (Lipinski definition) is 3. The first-order chi connectivity index (χ1) is 5.79. The highest BCUT2D eigenvalue weighted by Crippen LogP contribution is 2.13. The van der Waals surface area contributed by atoms with E-state index in [9.17, 15) is 4.79 Å². The molecule has 0 spiro atoms. The van der Waals surface area contributed by atoms with E-state index in [1.54, 1.807) is 18.2 Å². The number of fused-ring (bicyclic) bond motifs is 1. The minimum Gasteiger partial charge on any atom is -0.429 e. The van der Waals surface area contributed by atoms with Crippen LogP contribution in [0.3, 0.4) is 0 Å². The van der Waals surface area contributed by atoms with Gasteiger partial charge >= 0.3 is 0 Å². The highest BCUT2D eigenvalue weighted by molar-refractivity contribution is 7.71. The van der Waals surface area contributed by atoms with Crippen molar-refractivity contribution in [1.82, 2.24) is 4.98 Å². The summed E-state index contributed by atoms with van der Waals surface area (Å²) in [7, 11) is 0. The summed E-state index contributed by atoms with van der Waals surface area (Å²) in [5.41, 5.74) is 2.03. The van der Waals surface area contributed by atoms with Gasteiger partial charge in [0.15, 0.2) is 5.58 Å². The lowest BCUT2D eigenvalue weighted by Gasteiger charge is -1.87. The van der Waals surface area contributed by atoms with Crippen molar-refractivity contribution in [1.29, 1.82) is 0 Å².